The average Bonchev–Trinajstić information content (AvgIpc) is 2.60. The minimum atomic E-state index is -1.09. The fraction of sp³-hybridized carbons (Fsp3) is 0.462. The van der Waals surface area contributed by atoms with Gasteiger partial charge in [0.2, 0.25) is 5.95 Å². The van der Waals surface area contributed by atoms with Crippen molar-refractivity contribution in [1.82, 2.24) is 9.78 Å². The molecule has 0 fully saturated rings. The Bertz CT molecular complexity index is 580. The van der Waals surface area contributed by atoms with E-state index in [1.165, 1.54) is 0 Å². The first-order valence-corrected chi connectivity index (χ1v) is 10.8. The van der Waals surface area contributed by atoms with Crippen molar-refractivity contribution in [3.05, 3.63) is 28.6 Å². The summed E-state index contributed by atoms with van der Waals surface area (Å²) in [6.45, 7) is 7.91. The van der Waals surface area contributed by atoms with Crippen LogP contribution in [0.5, 0.6) is 0 Å². The summed E-state index contributed by atoms with van der Waals surface area (Å²) in [5, 5.41) is 4.40. The molecule has 0 radical (unpaired) electrons. The average molecular weight is 345 g/mol. The van der Waals surface area contributed by atoms with Crippen LogP contribution in [-0.4, -0.2) is 24.5 Å². The molecule has 0 saturated carbocycles. The summed E-state index contributed by atoms with van der Waals surface area (Å²) in [5.41, 5.74) is 0.758. The predicted octanol–water partition coefficient (Wildman–Crippen LogP) is 4.25. The van der Waals surface area contributed by atoms with Crippen LogP contribution in [0.1, 0.15) is 0 Å². The van der Waals surface area contributed by atoms with Gasteiger partial charge in [-0.1, -0.05) is 35.6 Å². The Morgan fingerprint density at radius 3 is 2.79 bits per heavy atom. The zero-order valence-electron chi connectivity index (χ0n) is 11.4. The van der Waals surface area contributed by atoms with Crippen molar-refractivity contribution in [2.45, 2.75) is 32.4 Å². The van der Waals surface area contributed by atoms with E-state index in [1.54, 1.807) is 10.7 Å². The van der Waals surface area contributed by atoms with E-state index in [4.69, 9.17) is 4.74 Å². The van der Waals surface area contributed by atoms with Gasteiger partial charge in [-0.25, -0.2) is 4.68 Å². The third kappa shape index (κ3) is 3.87. The quantitative estimate of drug-likeness (QED) is 0.598. The van der Waals surface area contributed by atoms with Crippen LogP contribution in [0.3, 0.4) is 0 Å². The Morgan fingerprint density at radius 1 is 1.37 bits per heavy atom. The maximum Gasteiger partial charge on any atom is 0.240 e. The zero-order valence-corrected chi connectivity index (χ0v) is 14.0. The molecule has 2 aromatic rings. The van der Waals surface area contributed by atoms with Gasteiger partial charge in [0.25, 0.3) is 0 Å². The van der Waals surface area contributed by atoms with Gasteiger partial charge < -0.3 is 4.74 Å². The second-order valence-electron chi connectivity index (χ2n) is 5.80. The predicted molar refractivity (Wildman–Crippen MR) is 81.5 cm³/mol. The SMILES string of the molecule is C[Si](C)(C)CCOCn1nc(F)c2cc(Br)ccc21. The van der Waals surface area contributed by atoms with Crippen molar-refractivity contribution in [2.75, 3.05) is 6.61 Å². The Balaban J connectivity index is 2.05. The monoisotopic (exact) mass is 344 g/mol. The molecule has 0 aliphatic rings. The Hall–Kier alpha value is -0.723. The Kier molecular flexibility index (Phi) is 4.42. The molecule has 2 rings (SSSR count). The van der Waals surface area contributed by atoms with Crippen LogP contribution in [0.2, 0.25) is 25.7 Å². The van der Waals surface area contributed by atoms with Crippen LogP contribution >= 0.6 is 15.9 Å². The number of ether oxygens (including phenoxy) is 1. The number of nitrogens with zero attached hydrogens (tertiary/aromatic N) is 2. The molecule has 0 amide bonds. The molecule has 0 bridgehead atoms. The van der Waals surface area contributed by atoms with E-state index in [9.17, 15) is 4.39 Å². The second-order valence-corrected chi connectivity index (χ2v) is 12.3. The highest BCUT2D eigenvalue weighted by atomic mass is 79.9. The van der Waals surface area contributed by atoms with Gasteiger partial charge in [0.15, 0.2) is 0 Å². The molecular weight excluding hydrogens is 327 g/mol. The summed E-state index contributed by atoms with van der Waals surface area (Å²) in [6.07, 6.45) is 0. The smallest absolute Gasteiger partial charge is 0.240 e. The second kappa shape index (κ2) is 5.72. The first-order valence-electron chi connectivity index (χ1n) is 6.26. The van der Waals surface area contributed by atoms with Crippen LogP contribution in [0.15, 0.2) is 22.7 Å². The fourth-order valence-corrected chi connectivity index (χ4v) is 2.86. The fourth-order valence-electron chi connectivity index (χ4n) is 1.74. The number of fused-ring (bicyclic) bond motifs is 1. The molecule has 6 heteroatoms. The number of aromatic nitrogens is 2. The summed E-state index contributed by atoms with van der Waals surface area (Å²) >= 11 is 3.33. The number of hydrogen-bond donors (Lipinski definition) is 0. The van der Waals surface area contributed by atoms with E-state index in [0.717, 1.165) is 16.0 Å². The lowest BCUT2D eigenvalue weighted by Crippen LogP contribution is -2.22. The zero-order chi connectivity index (χ0) is 14.0. The van der Waals surface area contributed by atoms with Gasteiger partial charge >= 0.3 is 0 Å². The molecule has 1 heterocycles. The number of benzene rings is 1. The van der Waals surface area contributed by atoms with Crippen molar-refractivity contribution < 1.29 is 9.13 Å². The van der Waals surface area contributed by atoms with Gasteiger partial charge in [-0.05, 0) is 24.2 Å². The van der Waals surface area contributed by atoms with Crippen molar-refractivity contribution >= 4 is 34.9 Å². The van der Waals surface area contributed by atoms with Crippen LogP contribution in [0, 0.1) is 5.95 Å². The van der Waals surface area contributed by atoms with Gasteiger partial charge in [-0.2, -0.15) is 4.39 Å². The molecule has 0 unspecified atom stereocenters. The van der Waals surface area contributed by atoms with Crippen LogP contribution in [-0.2, 0) is 11.5 Å². The molecule has 3 nitrogen and oxygen atoms in total. The van der Waals surface area contributed by atoms with Gasteiger partial charge in [0.1, 0.15) is 6.73 Å². The van der Waals surface area contributed by atoms with Gasteiger partial charge in [-0.15, -0.1) is 5.10 Å². The van der Waals surface area contributed by atoms with Gasteiger partial charge in [0.05, 0.1) is 10.9 Å². The lowest BCUT2D eigenvalue weighted by Gasteiger charge is -2.15. The van der Waals surface area contributed by atoms with E-state index in [2.05, 4.69) is 40.7 Å². The molecule has 0 N–H and O–H groups in total. The molecule has 0 saturated heterocycles. The summed E-state index contributed by atoms with van der Waals surface area (Å²) in [5.74, 6) is -0.454. The van der Waals surface area contributed by atoms with Crippen molar-refractivity contribution in [2.24, 2.45) is 0 Å². The highest BCUT2D eigenvalue weighted by Crippen LogP contribution is 2.22. The summed E-state index contributed by atoms with van der Waals surface area (Å²) in [7, 11) is -1.09. The summed E-state index contributed by atoms with van der Waals surface area (Å²) in [4.78, 5) is 0. The first-order chi connectivity index (χ1) is 8.87. The minimum Gasteiger partial charge on any atom is -0.360 e. The van der Waals surface area contributed by atoms with Crippen LogP contribution in [0.4, 0.5) is 4.39 Å². The maximum atomic E-state index is 13.7. The van der Waals surface area contributed by atoms with E-state index in [1.807, 2.05) is 12.1 Å². The molecule has 0 aliphatic heterocycles. The number of rotatable bonds is 5. The Labute approximate surface area is 121 Å². The number of halogens is 2. The molecule has 0 spiro atoms. The lowest BCUT2D eigenvalue weighted by atomic mass is 10.2. The number of hydrogen-bond acceptors (Lipinski definition) is 2. The topological polar surface area (TPSA) is 27.1 Å². The largest absolute Gasteiger partial charge is 0.360 e. The highest BCUT2D eigenvalue weighted by Gasteiger charge is 2.13. The van der Waals surface area contributed by atoms with Crippen molar-refractivity contribution in [1.29, 1.82) is 0 Å². The standard InChI is InChI=1S/C13H18BrFN2OSi/c1-19(2,3)7-6-18-9-17-12-5-4-10(14)8-11(12)13(15)16-17/h4-5,8H,6-7,9H2,1-3H3. The van der Waals surface area contributed by atoms with Gasteiger partial charge in [0, 0.05) is 19.2 Å². The van der Waals surface area contributed by atoms with Crippen molar-refractivity contribution in [3.8, 4) is 0 Å². The molecule has 19 heavy (non-hydrogen) atoms. The molecule has 104 valence electrons. The molecule has 0 atom stereocenters. The van der Waals surface area contributed by atoms with Crippen LogP contribution < -0.4 is 0 Å². The van der Waals surface area contributed by atoms with Gasteiger partial charge in [-0.3, -0.25) is 0 Å². The summed E-state index contributed by atoms with van der Waals surface area (Å²) < 4.78 is 21.7. The van der Waals surface area contributed by atoms with Crippen molar-refractivity contribution in [3.63, 3.8) is 0 Å². The Morgan fingerprint density at radius 2 is 2.11 bits per heavy atom. The first kappa shape index (κ1) is 14.7. The molecule has 1 aromatic carbocycles. The van der Waals surface area contributed by atoms with Crippen LogP contribution in [0.25, 0.3) is 10.9 Å². The van der Waals surface area contributed by atoms with E-state index in [0.29, 0.717) is 18.7 Å². The normalized spacial score (nSPS) is 12.3. The molecular formula is C13H18BrFN2OSi. The summed E-state index contributed by atoms with van der Waals surface area (Å²) in [6, 6.07) is 6.55. The third-order valence-electron chi connectivity index (χ3n) is 2.88. The highest BCUT2D eigenvalue weighted by molar-refractivity contribution is 9.10. The van der Waals surface area contributed by atoms with E-state index in [-0.39, 0.29) is 0 Å². The minimum absolute atomic E-state index is 0.298. The maximum absolute atomic E-state index is 13.7. The van der Waals surface area contributed by atoms with E-state index >= 15 is 0 Å². The third-order valence-corrected chi connectivity index (χ3v) is 5.07. The van der Waals surface area contributed by atoms with E-state index < -0.39 is 14.0 Å². The molecule has 0 aliphatic carbocycles. The molecule has 1 aromatic heterocycles. The lowest BCUT2D eigenvalue weighted by molar-refractivity contribution is 0.0804.